The van der Waals surface area contributed by atoms with Crippen molar-refractivity contribution in [2.75, 3.05) is 4.72 Å². The minimum Gasteiger partial charge on any atom is -0.255 e. The molecule has 1 aromatic heterocycles. The van der Waals surface area contributed by atoms with Crippen molar-refractivity contribution in [2.45, 2.75) is 11.8 Å². The Labute approximate surface area is 141 Å². The first kappa shape index (κ1) is 15.6. The third-order valence-electron chi connectivity index (χ3n) is 2.95. The maximum atomic E-state index is 12.4. The lowest BCUT2D eigenvalue weighted by molar-refractivity contribution is 0.601. The van der Waals surface area contributed by atoms with Gasteiger partial charge in [-0.2, -0.15) is 0 Å². The number of sulfonamides is 1. The molecule has 0 aliphatic rings. The van der Waals surface area contributed by atoms with Crippen LogP contribution in [0.1, 0.15) is 5.56 Å². The summed E-state index contributed by atoms with van der Waals surface area (Å²) in [7, 11) is -3.79. The highest BCUT2D eigenvalue weighted by Gasteiger charge is 2.19. The van der Waals surface area contributed by atoms with E-state index in [1.807, 2.05) is 6.92 Å². The minimum absolute atomic E-state index is 0.0251. The third-order valence-corrected chi connectivity index (χ3v) is 6.07. The molecular weight excluding hydrogens is 363 g/mol. The van der Waals surface area contributed by atoms with Gasteiger partial charge in [0.25, 0.3) is 10.0 Å². The first-order valence-electron chi connectivity index (χ1n) is 6.20. The fourth-order valence-electron chi connectivity index (χ4n) is 1.94. The fraction of sp³-hybridized carbons (Fsp3) is 0.0714. The summed E-state index contributed by atoms with van der Waals surface area (Å²) in [6.45, 7) is 1.84. The first-order valence-corrected chi connectivity index (χ1v) is 9.26. The third kappa shape index (κ3) is 3.05. The smallest absolute Gasteiger partial charge is 0.255 e. The van der Waals surface area contributed by atoms with Crippen LogP contribution in [0.25, 0.3) is 10.2 Å². The molecule has 0 spiro atoms. The number of nitrogens with one attached hydrogen (secondary N) is 1. The minimum atomic E-state index is -3.79. The van der Waals surface area contributed by atoms with Gasteiger partial charge in [-0.1, -0.05) is 40.6 Å². The topological polar surface area (TPSA) is 59.1 Å². The van der Waals surface area contributed by atoms with E-state index >= 15 is 0 Å². The first-order chi connectivity index (χ1) is 10.3. The van der Waals surface area contributed by atoms with Crippen LogP contribution >= 0.6 is 34.5 Å². The van der Waals surface area contributed by atoms with Crippen LogP contribution in [0.3, 0.4) is 0 Å². The Bertz CT molecular complexity index is 968. The molecule has 2 aromatic carbocycles. The molecule has 0 fully saturated rings. The second-order valence-corrected chi connectivity index (χ2v) is 8.20. The standard InChI is InChI=1S/C14H10Cl2N2O2S2/c1-8-2-5-13(10(16)6-8)22(19,20)18-14-17-11-4-3-9(15)7-12(11)21-14/h2-7H,1H3,(H,17,18). The van der Waals surface area contributed by atoms with Gasteiger partial charge in [0.1, 0.15) is 4.90 Å². The quantitative estimate of drug-likeness (QED) is 0.723. The van der Waals surface area contributed by atoms with E-state index in [9.17, 15) is 8.42 Å². The van der Waals surface area contributed by atoms with Crippen LogP contribution in [0.2, 0.25) is 10.0 Å². The molecule has 0 unspecified atom stereocenters. The molecule has 0 saturated carbocycles. The van der Waals surface area contributed by atoms with E-state index < -0.39 is 10.0 Å². The summed E-state index contributed by atoms with van der Waals surface area (Å²) in [5.74, 6) is 0. The molecule has 8 heteroatoms. The summed E-state index contributed by atoms with van der Waals surface area (Å²) >= 11 is 13.2. The van der Waals surface area contributed by atoms with E-state index in [-0.39, 0.29) is 15.0 Å². The number of hydrogen-bond acceptors (Lipinski definition) is 4. The van der Waals surface area contributed by atoms with Gasteiger partial charge in [0.2, 0.25) is 0 Å². The number of hydrogen-bond donors (Lipinski definition) is 1. The van der Waals surface area contributed by atoms with E-state index in [0.717, 1.165) is 10.3 Å². The molecule has 0 amide bonds. The molecule has 0 saturated heterocycles. The van der Waals surface area contributed by atoms with Crippen LogP contribution in [0, 0.1) is 6.92 Å². The van der Waals surface area contributed by atoms with Gasteiger partial charge in [-0.05, 0) is 42.8 Å². The summed E-state index contributed by atoms with van der Waals surface area (Å²) in [5.41, 5.74) is 1.57. The van der Waals surface area contributed by atoms with E-state index in [0.29, 0.717) is 10.5 Å². The number of thiazole rings is 1. The normalized spacial score (nSPS) is 11.8. The molecular formula is C14H10Cl2N2O2S2. The van der Waals surface area contributed by atoms with Gasteiger partial charge in [-0.25, -0.2) is 13.4 Å². The predicted octanol–water partition coefficient (Wildman–Crippen LogP) is 4.71. The number of benzene rings is 2. The highest BCUT2D eigenvalue weighted by atomic mass is 35.5. The van der Waals surface area contributed by atoms with Gasteiger partial charge >= 0.3 is 0 Å². The maximum Gasteiger partial charge on any atom is 0.265 e. The second-order valence-electron chi connectivity index (χ2n) is 4.67. The van der Waals surface area contributed by atoms with Crippen molar-refractivity contribution in [2.24, 2.45) is 0 Å². The van der Waals surface area contributed by atoms with E-state index in [4.69, 9.17) is 23.2 Å². The van der Waals surface area contributed by atoms with Gasteiger partial charge < -0.3 is 0 Å². The van der Waals surface area contributed by atoms with E-state index in [1.165, 1.54) is 17.4 Å². The van der Waals surface area contributed by atoms with Crippen LogP contribution in [0.15, 0.2) is 41.3 Å². The number of halogens is 2. The van der Waals surface area contributed by atoms with Crippen LogP contribution in [-0.2, 0) is 10.0 Å². The molecule has 0 atom stereocenters. The summed E-state index contributed by atoms with van der Waals surface area (Å²) in [5, 5.41) is 1.03. The van der Waals surface area contributed by atoms with Crippen molar-refractivity contribution < 1.29 is 8.42 Å². The van der Waals surface area contributed by atoms with Gasteiger partial charge in [0, 0.05) is 5.02 Å². The largest absolute Gasteiger partial charge is 0.265 e. The Kier molecular flexibility index (Phi) is 4.03. The number of aryl methyl sites for hydroxylation is 1. The SMILES string of the molecule is Cc1ccc(S(=O)(=O)Nc2nc3ccc(Cl)cc3s2)c(Cl)c1. The summed E-state index contributed by atoms with van der Waals surface area (Å²) < 4.78 is 28.1. The van der Waals surface area contributed by atoms with Gasteiger partial charge in [-0.15, -0.1) is 0 Å². The molecule has 3 aromatic rings. The van der Waals surface area contributed by atoms with E-state index in [1.54, 1.807) is 30.3 Å². The molecule has 22 heavy (non-hydrogen) atoms. The average Bonchev–Trinajstić information content (AvgIpc) is 2.78. The Morgan fingerprint density at radius 2 is 1.91 bits per heavy atom. The van der Waals surface area contributed by atoms with Crippen LogP contribution in [-0.4, -0.2) is 13.4 Å². The lowest BCUT2D eigenvalue weighted by Gasteiger charge is -2.07. The summed E-state index contributed by atoms with van der Waals surface area (Å²) in [6, 6.07) is 9.96. The zero-order chi connectivity index (χ0) is 15.9. The molecule has 1 heterocycles. The van der Waals surface area contributed by atoms with Gasteiger partial charge in [-0.3, -0.25) is 4.72 Å². The van der Waals surface area contributed by atoms with Gasteiger partial charge in [0.05, 0.1) is 15.2 Å². The summed E-state index contributed by atoms with van der Waals surface area (Å²) in [4.78, 5) is 4.26. The molecule has 3 rings (SSSR count). The lowest BCUT2D eigenvalue weighted by atomic mass is 10.2. The predicted molar refractivity (Wildman–Crippen MR) is 91.6 cm³/mol. The maximum absolute atomic E-state index is 12.4. The molecule has 0 aliphatic carbocycles. The van der Waals surface area contributed by atoms with Crippen molar-refractivity contribution in [3.8, 4) is 0 Å². The monoisotopic (exact) mass is 372 g/mol. The Hall–Kier alpha value is -1.34. The van der Waals surface area contributed by atoms with Crippen molar-refractivity contribution in [3.63, 3.8) is 0 Å². The number of aromatic nitrogens is 1. The zero-order valence-corrected chi connectivity index (χ0v) is 14.4. The average molecular weight is 373 g/mol. The van der Waals surface area contributed by atoms with Crippen LogP contribution < -0.4 is 4.72 Å². The van der Waals surface area contributed by atoms with Crippen molar-refractivity contribution in [3.05, 3.63) is 52.0 Å². The zero-order valence-electron chi connectivity index (χ0n) is 11.3. The molecule has 4 nitrogen and oxygen atoms in total. The van der Waals surface area contributed by atoms with Crippen LogP contribution in [0.5, 0.6) is 0 Å². The van der Waals surface area contributed by atoms with Crippen molar-refractivity contribution in [1.29, 1.82) is 0 Å². The molecule has 0 radical (unpaired) electrons. The summed E-state index contributed by atoms with van der Waals surface area (Å²) in [6.07, 6.45) is 0. The van der Waals surface area contributed by atoms with Crippen molar-refractivity contribution >= 4 is 59.9 Å². The van der Waals surface area contributed by atoms with Crippen molar-refractivity contribution in [1.82, 2.24) is 4.98 Å². The number of nitrogens with zero attached hydrogens (tertiary/aromatic N) is 1. The number of rotatable bonds is 3. The van der Waals surface area contributed by atoms with E-state index in [2.05, 4.69) is 9.71 Å². The molecule has 0 aliphatic heterocycles. The Morgan fingerprint density at radius 3 is 2.64 bits per heavy atom. The number of fused-ring (bicyclic) bond motifs is 1. The molecule has 1 N–H and O–H groups in total. The fourth-order valence-corrected chi connectivity index (χ4v) is 4.91. The van der Waals surface area contributed by atoms with Crippen LogP contribution in [0.4, 0.5) is 5.13 Å². The highest BCUT2D eigenvalue weighted by Crippen LogP contribution is 2.31. The lowest BCUT2D eigenvalue weighted by Crippen LogP contribution is -2.13. The molecule has 0 bridgehead atoms. The highest BCUT2D eigenvalue weighted by molar-refractivity contribution is 7.93. The van der Waals surface area contributed by atoms with Gasteiger partial charge in [0.15, 0.2) is 5.13 Å². The molecule has 114 valence electrons. The second kappa shape index (κ2) is 5.70. The Balaban J connectivity index is 1.99. The number of anilines is 1. The Morgan fingerprint density at radius 1 is 1.14 bits per heavy atom.